The largest absolute Gasteiger partial charge is 0.471 e. The Morgan fingerprint density at radius 2 is 1.85 bits per heavy atom. The minimum atomic E-state index is -4.84. The Hall–Kier alpha value is -0.870. The summed E-state index contributed by atoms with van der Waals surface area (Å²) in [5, 5.41) is 5.08. The number of rotatable bonds is 5. The third-order valence-electron chi connectivity index (χ3n) is 3.53. The minimum Gasteiger partial charge on any atom is -0.334 e. The molecule has 0 bridgehead atoms. The van der Waals surface area contributed by atoms with Crippen LogP contribution in [0.15, 0.2) is 0 Å². The molecule has 2 rings (SSSR count). The highest BCUT2D eigenvalue weighted by Crippen LogP contribution is 2.31. The third kappa shape index (κ3) is 3.61. The minimum absolute atomic E-state index is 0.0153. The van der Waals surface area contributed by atoms with Gasteiger partial charge in [-0.2, -0.15) is 25.9 Å². The number of nitrogens with zero attached hydrogens (tertiary/aromatic N) is 2. The monoisotopic (exact) mass is 315 g/mol. The summed E-state index contributed by atoms with van der Waals surface area (Å²) >= 11 is 0. The maximum atomic E-state index is 12.1. The van der Waals surface area contributed by atoms with Gasteiger partial charge in [0.25, 0.3) is 10.2 Å². The van der Waals surface area contributed by atoms with Gasteiger partial charge in [-0.3, -0.25) is 4.79 Å². The van der Waals surface area contributed by atoms with Crippen LogP contribution in [-0.2, 0) is 15.0 Å². The van der Waals surface area contributed by atoms with Crippen LogP contribution in [0.5, 0.6) is 0 Å². The molecular formula is C10H16F3N3O3S. The van der Waals surface area contributed by atoms with Crippen molar-refractivity contribution >= 4 is 16.1 Å². The normalized spacial score (nSPS) is 21.1. The van der Waals surface area contributed by atoms with E-state index in [4.69, 9.17) is 5.14 Å². The summed E-state index contributed by atoms with van der Waals surface area (Å²) in [6.07, 6.45) is -2.90. The van der Waals surface area contributed by atoms with Crippen molar-refractivity contribution in [3.63, 3.8) is 0 Å². The molecule has 0 radical (unpaired) electrons. The molecule has 20 heavy (non-hydrogen) atoms. The number of likely N-dealkylation sites (tertiary alicyclic amines) is 1. The van der Waals surface area contributed by atoms with Gasteiger partial charge in [0, 0.05) is 25.7 Å². The Balaban J connectivity index is 1.76. The number of carbonyl (C=O) groups excluding carboxylic acids is 1. The number of hydrogen-bond donors (Lipinski definition) is 1. The van der Waals surface area contributed by atoms with E-state index in [0.29, 0.717) is 6.42 Å². The van der Waals surface area contributed by atoms with E-state index in [9.17, 15) is 26.4 Å². The first-order valence-electron chi connectivity index (χ1n) is 6.24. The lowest BCUT2D eigenvalue weighted by atomic mass is 9.96. The number of nitrogens with two attached hydrogens (primary N) is 1. The number of amides is 1. The molecule has 0 unspecified atom stereocenters. The fraction of sp³-hybridized carbons (Fsp3) is 0.900. The van der Waals surface area contributed by atoms with Gasteiger partial charge in [-0.15, -0.1) is 0 Å². The van der Waals surface area contributed by atoms with Gasteiger partial charge in [-0.05, 0) is 25.2 Å². The summed E-state index contributed by atoms with van der Waals surface area (Å²) in [4.78, 5) is 11.6. The van der Waals surface area contributed by atoms with E-state index in [1.165, 1.54) is 4.31 Å². The second-order valence-electron chi connectivity index (χ2n) is 5.25. The molecule has 2 fully saturated rings. The van der Waals surface area contributed by atoms with Crippen molar-refractivity contribution in [3.8, 4) is 0 Å². The molecule has 1 heterocycles. The van der Waals surface area contributed by atoms with Gasteiger partial charge in [0.1, 0.15) is 0 Å². The van der Waals surface area contributed by atoms with E-state index in [0.717, 1.165) is 17.7 Å². The average molecular weight is 315 g/mol. The van der Waals surface area contributed by atoms with E-state index < -0.39 is 22.3 Å². The van der Waals surface area contributed by atoms with Gasteiger partial charge in [0.15, 0.2) is 0 Å². The van der Waals surface area contributed by atoms with Crippen LogP contribution in [0.25, 0.3) is 0 Å². The van der Waals surface area contributed by atoms with Crippen LogP contribution in [0, 0.1) is 5.92 Å². The number of halogens is 3. The molecule has 1 saturated carbocycles. The lowest BCUT2D eigenvalue weighted by molar-refractivity contribution is -0.191. The molecule has 1 aliphatic heterocycles. The molecule has 2 aliphatic rings. The predicted octanol–water partition coefficient (Wildman–Crippen LogP) is 0.0651. The first kappa shape index (κ1) is 15.5. The first-order chi connectivity index (χ1) is 9.09. The smallest absolute Gasteiger partial charge is 0.334 e. The van der Waals surface area contributed by atoms with Gasteiger partial charge >= 0.3 is 12.1 Å². The van der Waals surface area contributed by atoms with Crippen molar-refractivity contribution < 1.29 is 26.4 Å². The highest BCUT2D eigenvalue weighted by Gasteiger charge is 2.46. The molecule has 0 atom stereocenters. The molecule has 0 aromatic heterocycles. The predicted molar refractivity (Wildman–Crippen MR) is 63.6 cm³/mol. The molecule has 0 aromatic carbocycles. The van der Waals surface area contributed by atoms with Crippen LogP contribution in [0.1, 0.15) is 19.3 Å². The Kier molecular flexibility index (Phi) is 4.00. The Morgan fingerprint density at radius 1 is 1.30 bits per heavy atom. The topological polar surface area (TPSA) is 83.7 Å². The Morgan fingerprint density at radius 3 is 2.25 bits per heavy atom. The van der Waals surface area contributed by atoms with Crippen LogP contribution >= 0.6 is 0 Å². The maximum absolute atomic E-state index is 12.1. The van der Waals surface area contributed by atoms with Crippen LogP contribution < -0.4 is 5.14 Å². The molecule has 0 spiro atoms. The molecule has 0 aromatic rings. The Labute approximate surface area is 114 Å². The first-order valence-corrected chi connectivity index (χ1v) is 7.75. The van der Waals surface area contributed by atoms with Gasteiger partial charge in [0.05, 0.1) is 0 Å². The van der Waals surface area contributed by atoms with E-state index >= 15 is 0 Å². The number of hydrogen-bond acceptors (Lipinski definition) is 3. The van der Waals surface area contributed by atoms with Crippen LogP contribution in [0.4, 0.5) is 13.2 Å². The quantitative estimate of drug-likeness (QED) is 0.779. The van der Waals surface area contributed by atoms with Gasteiger partial charge in [0.2, 0.25) is 0 Å². The Bertz CT molecular complexity index is 484. The number of alkyl halides is 3. The highest BCUT2D eigenvalue weighted by atomic mass is 32.2. The van der Waals surface area contributed by atoms with Crippen molar-refractivity contribution in [3.05, 3.63) is 0 Å². The molecule has 6 nitrogen and oxygen atoms in total. The number of carbonyl (C=O) groups is 1. The lowest BCUT2D eigenvalue weighted by Gasteiger charge is -2.40. The van der Waals surface area contributed by atoms with Crippen molar-refractivity contribution in [1.82, 2.24) is 9.21 Å². The molecule has 116 valence electrons. The molecule has 2 N–H and O–H groups in total. The molecule has 10 heteroatoms. The summed E-state index contributed by atoms with van der Waals surface area (Å²) in [5.74, 6) is -1.94. The van der Waals surface area contributed by atoms with Crippen LogP contribution in [-0.4, -0.2) is 55.4 Å². The zero-order chi connectivity index (χ0) is 15.1. The highest BCUT2D eigenvalue weighted by molar-refractivity contribution is 7.86. The SMILES string of the molecule is NS(=O)(=O)N(CCC1CN(C(=O)C(F)(F)F)C1)C1CC1. The average Bonchev–Trinajstić information content (AvgIpc) is 3.00. The molecule has 1 amide bonds. The zero-order valence-electron chi connectivity index (χ0n) is 10.6. The van der Waals surface area contributed by atoms with E-state index in [1.54, 1.807) is 0 Å². The van der Waals surface area contributed by atoms with Crippen molar-refractivity contribution in [1.29, 1.82) is 0 Å². The summed E-state index contributed by atoms with van der Waals surface area (Å²) < 4.78 is 60.3. The van der Waals surface area contributed by atoms with Crippen LogP contribution in [0.3, 0.4) is 0 Å². The van der Waals surface area contributed by atoms with Gasteiger partial charge in [-0.1, -0.05) is 0 Å². The van der Waals surface area contributed by atoms with E-state index in [-0.39, 0.29) is 31.6 Å². The summed E-state index contributed by atoms with van der Waals surface area (Å²) in [7, 11) is -3.76. The van der Waals surface area contributed by atoms with Gasteiger partial charge < -0.3 is 4.90 Å². The zero-order valence-corrected chi connectivity index (χ0v) is 11.5. The lowest BCUT2D eigenvalue weighted by Crippen LogP contribution is -2.55. The van der Waals surface area contributed by atoms with Gasteiger partial charge in [-0.25, -0.2) is 5.14 Å². The summed E-state index contributed by atoms with van der Waals surface area (Å²) in [5.41, 5.74) is 0. The van der Waals surface area contributed by atoms with Crippen molar-refractivity contribution in [2.24, 2.45) is 11.1 Å². The van der Waals surface area contributed by atoms with Crippen molar-refractivity contribution in [2.45, 2.75) is 31.5 Å². The van der Waals surface area contributed by atoms with E-state index in [2.05, 4.69) is 0 Å². The summed E-state index contributed by atoms with van der Waals surface area (Å²) in [6.45, 7) is 0.227. The molecule has 1 aliphatic carbocycles. The second kappa shape index (κ2) is 5.15. The third-order valence-corrected chi connectivity index (χ3v) is 4.66. The summed E-state index contributed by atoms with van der Waals surface area (Å²) in [6, 6.07) is -0.0713. The standard InChI is InChI=1S/C10H16F3N3O3S/c11-10(12,13)9(17)15-5-7(6-15)3-4-16(8-1-2-8)20(14,18)19/h7-8H,1-6H2,(H2,14,18,19). The molecule has 1 saturated heterocycles. The molecular weight excluding hydrogens is 299 g/mol. The fourth-order valence-corrected chi connectivity index (χ4v) is 3.27. The van der Waals surface area contributed by atoms with Crippen LogP contribution in [0.2, 0.25) is 0 Å². The fourth-order valence-electron chi connectivity index (χ4n) is 2.29. The maximum Gasteiger partial charge on any atom is 0.471 e. The van der Waals surface area contributed by atoms with E-state index in [1.807, 2.05) is 0 Å². The second-order valence-corrected chi connectivity index (χ2v) is 6.75. The van der Waals surface area contributed by atoms with Crippen molar-refractivity contribution in [2.75, 3.05) is 19.6 Å².